The van der Waals surface area contributed by atoms with Crippen LogP contribution in [0.15, 0.2) is 12.2 Å². The molecule has 1 aliphatic heterocycles. The zero-order valence-corrected chi connectivity index (χ0v) is 12.6. The summed E-state index contributed by atoms with van der Waals surface area (Å²) in [6, 6.07) is -1.05. The molecule has 2 unspecified atom stereocenters. The second kappa shape index (κ2) is 5.11. The molecule has 0 saturated carbocycles. The van der Waals surface area contributed by atoms with Crippen molar-refractivity contribution in [1.29, 1.82) is 0 Å². The van der Waals surface area contributed by atoms with Gasteiger partial charge in [-0.15, -0.1) is 0 Å². The lowest BCUT2D eigenvalue weighted by atomic mass is 9.91. The van der Waals surface area contributed by atoms with Crippen molar-refractivity contribution >= 4 is 23.9 Å². The maximum Gasteiger partial charge on any atom is 0.417 e. The molecule has 120 valence electrons. The lowest BCUT2D eigenvalue weighted by Gasteiger charge is -2.27. The van der Waals surface area contributed by atoms with Gasteiger partial charge in [-0.25, -0.2) is 14.5 Å². The van der Waals surface area contributed by atoms with E-state index >= 15 is 0 Å². The van der Waals surface area contributed by atoms with Crippen molar-refractivity contribution in [3.8, 4) is 0 Å². The largest absolute Gasteiger partial charge is 0.465 e. The molecule has 0 radical (unpaired) electrons. The predicted molar refractivity (Wildman–Crippen MR) is 74.1 cm³/mol. The Morgan fingerprint density at radius 2 is 2.00 bits per heavy atom. The highest BCUT2D eigenvalue weighted by Crippen LogP contribution is 2.34. The van der Waals surface area contributed by atoms with E-state index in [2.05, 4.69) is 0 Å². The van der Waals surface area contributed by atoms with E-state index in [1.807, 2.05) is 5.32 Å². The molecule has 3 amide bonds. The summed E-state index contributed by atoms with van der Waals surface area (Å²) in [5.74, 6) is -1.51. The summed E-state index contributed by atoms with van der Waals surface area (Å²) < 4.78 is 5.15. The van der Waals surface area contributed by atoms with Gasteiger partial charge in [-0.2, -0.15) is 0 Å². The Morgan fingerprint density at radius 1 is 1.36 bits per heavy atom. The van der Waals surface area contributed by atoms with Crippen LogP contribution in [0, 0.1) is 0 Å². The topological polar surface area (TPSA) is 113 Å². The first-order chi connectivity index (χ1) is 10.1. The third-order valence-corrected chi connectivity index (χ3v) is 3.48. The van der Waals surface area contributed by atoms with Crippen molar-refractivity contribution < 1.29 is 29.0 Å². The third-order valence-electron chi connectivity index (χ3n) is 3.48. The number of amides is 3. The number of likely N-dealkylation sites (tertiary alicyclic amines) is 1. The number of Topliss-reactive ketones (excluding diaryl/α,β-unsaturated/α-hetero) is 1. The summed E-state index contributed by atoms with van der Waals surface area (Å²) in [6.45, 7) is 4.91. The number of hydrogen-bond acceptors (Lipinski definition) is 5. The Bertz CT molecular complexity index is 576. The highest BCUT2D eigenvalue weighted by molar-refractivity contribution is 6.24. The number of carbonyl (C=O) groups excluding carboxylic acids is 3. The van der Waals surface area contributed by atoms with Gasteiger partial charge >= 0.3 is 12.2 Å². The van der Waals surface area contributed by atoms with Gasteiger partial charge in [0.25, 0.3) is 5.91 Å². The number of ketones is 1. The van der Waals surface area contributed by atoms with Crippen molar-refractivity contribution in [1.82, 2.24) is 10.2 Å². The Hall–Kier alpha value is -2.38. The summed E-state index contributed by atoms with van der Waals surface area (Å²) in [7, 11) is 0. The number of carboxylic acid groups (broad SMARTS) is 1. The number of rotatable bonds is 1. The predicted octanol–water partition coefficient (Wildman–Crippen LogP) is 1.06. The minimum atomic E-state index is -1.94. The normalized spacial score (nSPS) is 27.6. The molecular formula is C14H18N2O6. The van der Waals surface area contributed by atoms with Gasteiger partial charge in [0.2, 0.25) is 0 Å². The number of imide groups is 1. The Morgan fingerprint density at radius 3 is 2.55 bits per heavy atom. The maximum absolute atomic E-state index is 12.6. The molecule has 0 aromatic carbocycles. The Labute approximate surface area is 127 Å². The molecule has 2 aliphatic rings. The van der Waals surface area contributed by atoms with Gasteiger partial charge in [0, 0.05) is 6.42 Å². The molecule has 1 heterocycles. The number of nitrogens with zero attached hydrogens (tertiary/aromatic N) is 1. The van der Waals surface area contributed by atoms with E-state index < -0.39 is 41.1 Å². The number of fused-ring (bicyclic) bond motifs is 2. The van der Waals surface area contributed by atoms with Crippen LogP contribution in [-0.2, 0) is 14.3 Å². The molecule has 1 aliphatic carbocycles. The first kappa shape index (κ1) is 16.0. The highest BCUT2D eigenvalue weighted by atomic mass is 16.6. The average molecular weight is 310 g/mol. The molecule has 0 aromatic rings. The van der Waals surface area contributed by atoms with Crippen LogP contribution in [0.1, 0.15) is 33.6 Å². The van der Waals surface area contributed by atoms with Gasteiger partial charge in [0.1, 0.15) is 11.6 Å². The molecule has 2 N–H and O–H groups in total. The van der Waals surface area contributed by atoms with E-state index in [0.717, 1.165) is 4.90 Å². The molecule has 2 bridgehead atoms. The number of hydrogen-bond donors (Lipinski definition) is 2. The zero-order chi connectivity index (χ0) is 16.7. The Kier molecular flexibility index (Phi) is 3.72. The highest BCUT2D eigenvalue weighted by Gasteiger charge is 2.62. The van der Waals surface area contributed by atoms with E-state index in [0.29, 0.717) is 0 Å². The van der Waals surface area contributed by atoms with Crippen LogP contribution in [-0.4, -0.2) is 51.1 Å². The van der Waals surface area contributed by atoms with Gasteiger partial charge in [-0.3, -0.25) is 9.59 Å². The van der Waals surface area contributed by atoms with Gasteiger partial charge in [0.05, 0.1) is 0 Å². The summed E-state index contributed by atoms with van der Waals surface area (Å²) in [5.41, 5.74) is -2.78. The second-order valence-corrected chi connectivity index (χ2v) is 6.28. The van der Waals surface area contributed by atoms with Crippen molar-refractivity contribution in [3.05, 3.63) is 12.2 Å². The van der Waals surface area contributed by atoms with Gasteiger partial charge in [0.15, 0.2) is 11.3 Å². The first-order valence-corrected chi connectivity index (χ1v) is 6.85. The number of nitrogens with one attached hydrogen (secondary N) is 1. The quantitative estimate of drug-likeness (QED) is 0.553. The fraction of sp³-hybridized carbons (Fsp3) is 0.571. The van der Waals surface area contributed by atoms with Crippen LogP contribution in [0.25, 0.3) is 0 Å². The number of carbonyl (C=O) groups is 4. The smallest absolute Gasteiger partial charge is 0.417 e. The van der Waals surface area contributed by atoms with Crippen molar-refractivity contribution in [2.45, 2.75) is 50.8 Å². The molecule has 1 saturated heterocycles. The SMILES string of the molecule is CC(C)(C)OC(=O)N1C(=O)C2(NC(=O)O)CC=CCC1C2=O. The molecule has 22 heavy (non-hydrogen) atoms. The van der Waals surface area contributed by atoms with Crippen LogP contribution < -0.4 is 5.32 Å². The average Bonchev–Trinajstić information content (AvgIpc) is 2.45. The molecular weight excluding hydrogens is 292 g/mol. The van der Waals surface area contributed by atoms with Crippen LogP contribution in [0.2, 0.25) is 0 Å². The molecule has 2 atom stereocenters. The molecule has 8 heteroatoms. The van der Waals surface area contributed by atoms with E-state index in [4.69, 9.17) is 9.84 Å². The Balaban J connectivity index is 2.40. The van der Waals surface area contributed by atoms with E-state index in [1.165, 1.54) is 0 Å². The standard InChI is InChI=1S/C14H18N2O6/c1-13(2,3)22-12(21)16-8-6-4-5-7-14(9(8)17,10(16)18)15-11(19)20/h4-5,8,15H,6-7H2,1-3H3,(H,19,20). The first-order valence-electron chi connectivity index (χ1n) is 6.85. The van der Waals surface area contributed by atoms with Gasteiger partial charge < -0.3 is 15.2 Å². The summed E-state index contributed by atoms with van der Waals surface area (Å²) >= 11 is 0. The van der Waals surface area contributed by atoms with Gasteiger partial charge in [-0.1, -0.05) is 12.2 Å². The molecule has 2 rings (SSSR count). The lowest BCUT2D eigenvalue weighted by Crippen LogP contribution is -2.58. The molecule has 1 fully saturated rings. The van der Waals surface area contributed by atoms with Crippen molar-refractivity contribution in [3.63, 3.8) is 0 Å². The minimum Gasteiger partial charge on any atom is -0.465 e. The maximum atomic E-state index is 12.6. The fourth-order valence-electron chi connectivity index (χ4n) is 2.61. The number of ether oxygens (including phenoxy) is 1. The second-order valence-electron chi connectivity index (χ2n) is 6.28. The summed E-state index contributed by atoms with van der Waals surface area (Å²) in [6.07, 6.45) is 0.803. The summed E-state index contributed by atoms with van der Waals surface area (Å²) in [5, 5.41) is 10.9. The van der Waals surface area contributed by atoms with Crippen LogP contribution >= 0.6 is 0 Å². The monoisotopic (exact) mass is 310 g/mol. The van der Waals surface area contributed by atoms with Crippen LogP contribution in [0.5, 0.6) is 0 Å². The van der Waals surface area contributed by atoms with Gasteiger partial charge in [-0.05, 0) is 27.2 Å². The van der Waals surface area contributed by atoms with E-state index in [9.17, 15) is 19.2 Å². The molecule has 8 nitrogen and oxygen atoms in total. The zero-order valence-electron chi connectivity index (χ0n) is 12.6. The van der Waals surface area contributed by atoms with Crippen molar-refractivity contribution in [2.24, 2.45) is 0 Å². The van der Waals surface area contributed by atoms with Crippen molar-refractivity contribution in [2.75, 3.05) is 0 Å². The van der Waals surface area contributed by atoms with Crippen LogP contribution in [0.4, 0.5) is 9.59 Å². The fourth-order valence-corrected chi connectivity index (χ4v) is 2.61. The molecule has 0 spiro atoms. The molecule has 0 aromatic heterocycles. The van der Waals surface area contributed by atoms with E-state index in [1.54, 1.807) is 32.9 Å². The summed E-state index contributed by atoms with van der Waals surface area (Å²) in [4.78, 5) is 49.0. The third kappa shape index (κ3) is 2.56. The lowest BCUT2D eigenvalue weighted by molar-refractivity contribution is -0.134. The van der Waals surface area contributed by atoms with Crippen LogP contribution in [0.3, 0.4) is 0 Å². The van der Waals surface area contributed by atoms with E-state index in [-0.39, 0.29) is 12.8 Å². The minimum absolute atomic E-state index is 0.118.